The maximum Gasteiger partial charge on any atom is 0.0908 e. The van der Waals surface area contributed by atoms with Crippen molar-refractivity contribution < 1.29 is 0 Å². The lowest BCUT2D eigenvalue weighted by Gasteiger charge is -2.01. The summed E-state index contributed by atoms with van der Waals surface area (Å²) >= 11 is 0. The van der Waals surface area contributed by atoms with Crippen LogP contribution in [-0.2, 0) is 6.42 Å². The van der Waals surface area contributed by atoms with Gasteiger partial charge in [0, 0.05) is 12.4 Å². The first kappa shape index (κ1) is 11.8. The average Bonchev–Trinajstić information content (AvgIpc) is 2.93. The Balaban J connectivity index is 1.92. The molecular weight excluding hydrogens is 238 g/mol. The molecule has 19 heavy (non-hydrogen) atoms. The molecule has 0 atom stereocenters. The topological polar surface area (TPSA) is 56.5 Å². The van der Waals surface area contributed by atoms with Crippen molar-refractivity contribution in [1.29, 1.82) is 0 Å². The quantitative estimate of drug-likeness (QED) is 0.717. The number of aryl methyl sites for hydroxylation is 1. The molecule has 3 aromatic rings. The first-order chi connectivity index (χ1) is 9.36. The van der Waals surface area contributed by atoms with E-state index in [0.29, 0.717) is 0 Å². The van der Waals surface area contributed by atoms with Crippen LogP contribution in [0.5, 0.6) is 0 Å². The van der Waals surface area contributed by atoms with Gasteiger partial charge in [-0.2, -0.15) is 0 Å². The minimum atomic E-state index is 0.866. The van der Waals surface area contributed by atoms with E-state index in [2.05, 4.69) is 27.2 Å². The Kier molecular flexibility index (Phi) is 3.18. The molecule has 96 valence electrons. The van der Waals surface area contributed by atoms with Gasteiger partial charge >= 0.3 is 0 Å². The second-order valence-electron chi connectivity index (χ2n) is 4.49. The third-order valence-corrected chi connectivity index (χ3v) is 3.04. The van der Waals surface area contributed by atoms with Gasteiger partial charge in [0.05, 0.1) is 28.6 Å². The van der Waals surface area contributed by atoms with Gasteiger partial charge < -0.3 is 0 Å². The Morgan fingerprint density at radius 3 is 2.79 bits per heavy atom. The summed E-state index contributed by atoms with van der Waals surface area (Å²) in [6, 6.07) is 5.90. The van der Waals surface area contributed by atoms with E-state index in [1.54, 1.807) is 17.1 Å². The van der Waals surface area contributed by atoms with Crippen molar-refractivity contribution in [3.8, 4) is 5.69 Å². The first-order valence-corrected chi connectivity index (χ1v) is 6.49. The van der Waals surface area contributed by atoms with E-state index in [-0.39, 0.29) is 0 Å². The third-order valence-electron chi connectivity index (χ3n) is 3.04. The number of fused-ring (bicyclic) bond motifs is 1. The number of aromatic nitrogens is 5. The molecule has 0 bridgehead atoms. The molecule has 0 unspecified atom stereocenters. The van der Waals surface area contributed by atoms with Crippen molar-refractivity contribution in [1.82, 2.24) is 25.0 Å². The predicted molar refractivity (Wildman–Crippen MR) is 73.1 cm³/mol. The summed E-state index contributed by atoms with van der Waals surface area (Å²) in [4.78, 5) is 8.55. The molecule has 2 aromatic heterocycles. The van der Waals surface area contributed by atoms with Gasteiger partial charge in [0.25, 0.3) is 0 Å². The highest BCUT2D eigenvalue weighted by atomic mass is 15.4. The van der Waals surface area contributed by atoms with Crippen LogP contribution in [0.2, 0.25) is 0 Å². The fraction of sp³-hybridized carbons (Fsp3) is 0.286. The van der Waals surface area contributed by atoms with Gasteiger partial charge in [-0.25, -0.2) is 4.68 Å². The Morgan fingerprint density at radius 2 is 1.95 bits per heavy atom. The molecule has 0 aliphatic carbocycles. The summed E-state index contributed by atoms with van der Waals surface area (Å²) in [7, 11) is 0. The van der Waals surface area contributed by atoms with E-state index in [1.165, 1.54) is 6.42 Å². The molecule has 0 aliphatic rings. The zero-order chi connectivity index (χ0) is 13.1. The Morgan fingerprint density at radius 1 is 1.11 bits per heavy atom. The highest BCUT2D eigenvalue weighted by molar-refractivity contribution is 5.76. The summed E-state index contributed by atoms with van der Waals surface area (Å²) in [5.74, 6) is 0. The summed E-state index contributed by atoms with van der Waals surface area (Å²) in [5.41, 5.74) is 3.74. The van der Waals surface area contributed by atoms with Gasteiger partial charge in [0.1, 0.15) is 0 Å². The van der Waals surface area contributed by atoms with Crippen LogP contribution in [-0.4, -0.2) is 25.0 Å². The molecule has 2 heterocycles. The van der Waals surface area contributed by atoms with Crippen LogP contribution >= 0.6 is 0 Å². The summed E-state index contributed by atoms with van der Waals surface area (Å²) in [6.07, 6.45) is 8.65. The molecule has 0 saturated heterocycles. The van der Waals surface area contributed by atoms with Crippen LogP contribution in [0.15, 0.2) is 36.8 Å². The number of nitrogens with zero attached hydrogens (tertiary/aromatic N) is 5. The SMILES string of the molecule is CCCCc1cn(-c2ccc3nccnc3c2)nn1. The Hall–Kier alpha value is -2.30. The maximum absolute atomic E-state index is 4.30. The normalized spacial score (nSPS) is 11.0. The van der Waals surface area contributed by atoms with Crippen LogP contribution in [0, 0.1) is 0 Å². The maximum atomic E-state index is 4.30. The molecule has 3 rings (SSSR count). The minimum Gasteiger partial charge on any atom is -0.253 e. The standard InChI is InChI=1S/C14H15N5/c1-2-3-4-11-10-19(18-17-11)12-5-6-13-14(9-12)16-8-7-15-13/h5-10H,2-4H2,1H3. The summed E-state index contributed by atoms with van der Waals surface area (Å²) < 4.78 is 1.79. The van der Waals surface area contributed by atoms with E-state index < -0.39 is 0 Å². The van der Waals surface area contributed by atoms with Crippen LogP contribution in [0.1, 0.15) is 25.5 Å². The molecule has 5 nitrogen and oxygen atoms in total. The van der Waals surface area contributed by atoms with Gasteiger partial charge in [-0.3, -0.25) is 9.97 Å². The largest absolute Gasteiger partial charge is 0.253 e. The lowest BCUT2D eigenvalue weighted by Crippen LogP contribution is -1.95. The zero-order valence-corrected chi connectivity index (χ0v) is 10.8. The highest BCUT2D eigenvalue weighted by Crippen LogP contribution is 2.14. The monoisotopic (exact) mass is 253 g/mol. The van der Waals surface area contributed by atoms with E-state index >= 15 is 0 Å². The van der Waals surface area contributed by atoms with Gasteiger partial charge in [-0.05, 0) is 31.0 Å². The number of hydrogen-bond acceptors (Lipinski definition) is 4. The van der Waals surface area contributed by atoms with Gasteiger partial charge in [0.2, 0.25) is 0 Å². The molecule has 0 fully saturated rings. The molecule has 0 aliphatic heterocycles. The lowest BCUT2D eigenvalue weighted by molar-refractivity contribution is 0.761. The zero-order valence-electron chi connectivity index (χ0n) is 10.8. The molecule has 0 N–H and O–H groups in total. The number of hydrogen-bond donors (Lipinski definition) is 0. The fourth-order valence-corrected chi connectivity index (χ4v) is 1.99. The first-order valence-electron chi connectivity index (χ1n) is 6.49. The Labute approximate surface area is 111 Å². The number of benzene rings is 1. The lowest BCUT2D eigenvalue weighted by atomic mass is 10.2. The van der Waals surface area contributed by atoms with Gasteiger partial charge in [0.15, 0.2) is 0 Å². The molecule has 5 heteroatoms. The molecule has 0 saturated carbocycles. The van der Waals surface area contributed by atoms with Crippen LogP contribution in [0.25, 0.3) is 16.7 Å². The van der Waals surface area contributed by atoms with Crippen molar-refractivity contribution >= 4 is 11.0 Å². The van der Waals surface area contributed by atoms with Crippen LogP contribution in [0.4, 0.5) is 0 Å². The highest BCUT2D eigenvalue weighted by Gasteiger charge is 2.04. The van der Waals surface area contributed by atoms with Crippen LogP contribution in [0.3, 0.4) is 0 Å². The van der Waals surface area contributed by atoms with Crippen molar-refractivity contribution in [2.24, 2.45) is 0 Å². The molecular formula is C14H15N5. The van der Waals surface area contributed by atoms with Crippen molar-refractivity contribution in [3.63, 3.8) is 0 Å². The fourth-order valence-electron chi connectivity index (χ4n) is 1.99. The number of unbranched alkanes of at least 4 members (excludes halogenated alkanes) is 1. The van der Waals surface area contributed by atoms with Crippen molar-refractivity contribution in [3.05, 3.63) is 42.5 Å². The second-order valence-corrected chi connectivity index (χ2v) is 4.49. The molecule has 0 amide bonds. The average molecular weight is 253 g/mol. The predicted octanol–water partition coefficient (Wildman–Crippen LogP) is 2.55. The smallest absolute Gasteiger partial charge is 0.0908 e. The summed E-state index contributed by atoms with van der Waals surface area (Å²) in [5, 5.41) is 8.35. The third kappa shape index (κ3) is 2.45. The van der Waals surface area contributed by atoms with Gasteiger partial charge in [-0.1, -0.05) is 18.6 Å². The van der Waals surface area contributed by atoms with Gasteiger partial charge in [-0.15, -0.1) is 5.10 Å². The van der Waals surface area contributed by atoms with Crippen LogP contribution < -0.4 is 0 Å². The molecule has 0 radical (unpaired) electrons. The molecule has 0 spiro atoms. The van der Waals surface area contributed by atoms with E-state index in [9.17, 15) is 0 Å². The Bertz CT molecular complexity index is 689. The van der Waals surface area contributed by atoms with Crippen molar-refractivity contribution in [2.75, 3.05) is 0 Å². The molecule has 1 aromatic carbocycles. The number of rotatable bonds is 4. The van der Waals surface area contributed by atoms with E-state index in [4.69, 9.17) is 0 Å². The summed E-state index contributed by atoms with van der Waals surface area (Å²) in [6.45, 7) is 2.17. The van der Waals surface area contributed by atoms with E-state index in [1.807, 2.05) is 24.4 Å². The minimum absolute atomic E-state index is 0.866. The second kappa shape index (κ2) is 5.14. The van der Waals surface area contributed by atoms with Crippen molar-refractivity contribution in [2.45, 2.75) is 26.2 Å². The van der Waals surface area contributed by atoms with E-state index in [0.717, 1.165) is 35.3 Å².